The van der Waals surface area contributed by atoms with Crippen LogP contribution in [0.15, 0.2) is 127 Å². The van der Waals surface area contributed by atoms with Crippen molar-refractivity contribution in [1.29, 1.82) is 0 Å². The minimum atomic E-state index is -0.00150. The first-order chi connectivity index (χ1) is 24.0. The van der Waals surface area contributed by atoms with Crippen LogP contribution < -0.4 is 0 Å². The van der Waals surface area contributed by atoms with E-state index in [0.29, 0.717) is 0 Å². The molecule has 4 bridgehead atoms. The Morgan fingerprint density at radius 1 is 0.449 bits per heavy atom. The van der Waals surface area contributed by atoms with Crippen molar-refractivity contribution < 1.29 is 0 Å². The van der Waals surface area contributed by atoms with Crippen molar-refractivity contribution in [2.75, 3.05) is 0 Å². The van der Waals surface area contributed by atoms with Crippen LogP contribution in [0.5, 0.6) is 0 Å². The maximum absolute atomic E-state index is 2.56. The molecule has 12 rings (SSSR count). The first-order valence-electron chi connectivity index (χ1n) is 18.7. The third-order valence-corrected chi connectivity index (χ3v) is 13.6. The minimum Gasteiger partial charge on any atom is -0.0619 e. The third-order valence-electron chi connectivity index (χ3n) is 13.6. The topological polar surface area (TPSA) is 0 Å². The molecule has 0 heterocycles. The number of benzene rings is 7. The lowest BCUT2D eigenvalue weighted by atomic mass is 9.47. The molecule has 49 heavy (non-hydrogen) atoms. The lowest BCUT2D eigenvalue weighted by molar-refractivity contribution is -0.00382. The molecule has 0 atom stereocenters. The number of rotatable bonds is 3. The van der Waals surface area contributed by atoms with Crippen LogP contribution in [0.1, 0.15) is 69.1 Å². The molecular formula is C49H42. The summed E-state index contributed by atoms with van der Waals surface area (Å²) in [5.41, 5.74) is 13.0. The summed E-state index contributed by atoms with van der Waals surface area (Å²) in [6.07, 6.45) is 8.50. The highest BCUT2D eigenvalue weighted by Crippen LogP contribution is 2.63. The van der Waals surface area contributed by atoms with Gasteiger partial charge in [-0.25, -0.2) is 0 Å². The van der Waals surface area contributed by atoms with Crippen molar-refractivity contribution in [2.45, 2.75) is 63.2 Å². The van der Waals surface area contributed by atoms with Gasteiger partial charge in [-0.3, -0.25) is 0 Å². The number of hydrogen-bond donors (Lipinski definition) is 0. The van der Waals surface area contributed by atoms with Crippen LogP contribution in [0, 0.1) is 17.8 Å². The van der Waals surface area contributed by atoms with Crippen LogP contribution in [0.25, 0.3) is 65.7 Å². The zero-order chi connectivity index (χ0) is 32.5. The summed E-state index contributed by atoms with van der Waals surface area (Å²) >= 11 is 0. The van der Waals surface area contributed by atoms with E-state index in [2.05, 4.69) is 141 Å². The fraction of sp³-hybridized carbons (Fsp3) is 0.265. The average Bonchev–Trinajstić information content (AvgIpc) is 3.35. The SMILES string of the molecule is CC1(C)c2ccccc2-c2cc(-c3c4ccccc4c(C45CC6CC(CC(C6)C4)C5)c4ccc(-c5cccc6ccccc56)cc34)ccc21. The predicted molar refractivity (Wildman–Crippen MR) is 207 cm³/mol. The number of hydrogen-bond acceptors (Lipinski definition) is 0. The molecule has 0 heteroatoms. The fourth-order valence-electron chi connectivity index (χ4n) is 12.0. The van der Waals surface area contributed by atoms with E-state index in [9.17, 15) is 0 Å². The van der Waals surface area contributed by atoms with E-state index in [1.54, 1.807) is 5.56 Å². The van der Waals surface area contributed by atoms with Crippen LogP contribution in [0.4, 0.5) is 0 Å². The normalized spacial score (nSPS) is 24.5. The Morgan fingerprint density at radius 2 is 1.04 bits per heavy atom. The Labute approximate surface area is 289 Å². The second kappa shape index (κ2) is 9.95. The molecule has 5 aliphatic rings. The molecule has 7 aromatic rings. The third kappa shape index (κ3) is 3.92. The van der Waals surface area contributed by atoms with Gasteiger partial charge in [-0.2, -0.15) is 0 Å². The maximum atomic E-state index is 2.56. The van der Waals surface area contributed by atoms with Crippen molar-refractivity contribution in [3.63, 3.8) is 0 Å². The Bertz CT molecular complexity index is 2470. The second-order valence-corrected chi connectivity index (χ2v) is 16.7. The van der Waals surface area contributed by atoms with Crippen molar-refractivity contribution in [3.05, 3.63) is 144 Å². The zero-order valence-corrected chi connectivity index (χ0v) is 28.6. The van der Waals surface area contributed by atoms with Gasteiger partial charge in [-0.15, -0.1) is 0 Å². The van der Waals surface area contributed by atoms with Crippen LogP contribution in [-0.4, -0.2) is 0 Å². The molecule has 0 radical (unpaired) electrons. The van der Waals surface area contributed by atoms with Crippen molar-refractivity contribution in [2.24, 2.45) is 17.8 Å². The quantitative estimate of drug-likeness (QED) is 0.170. The van der Waals surface area contributed by atoms with Gasteiger partial charge >= 0.3 is 0 Å². The van der Waals surface area contributed by atoms with E-state index in [-0.39, 0.29) is 10.8 Å². The van der Waals surface area contributed by atoms with E-state index in [1.807, 2.05) is 0 Å². The van der Waals surface area contributed by atoms with E-state index in [0.717, 1.165) is 17.8 Å². The summed E-state index contributed by atoms with van der Waals surface area (Å²) < 4.78 is 0. The van der Waals surface area contributed by atoms with Gasteiger partial charge < -0.3 is 0 Å². The summed E-state index contributed by atoms with van der Waals surface area (Å²) in [4.78, 5) is 0. The molecule has 0 N–H and O–H groups in total. The monoisotopic (exact) mass is 630 g/mol. The lowest BCUT2D eigenvalue weighted by Gasteiger charge is -2.57. The Kier molecular flexibility index (Phi) is 5.72. The van der Waals surface area contributed by atoms with Gasteiger partial charge in [0.1, 0.15) is 0 Å². The van der Waals surface area contributed by atoms with E-state index < -0.39 is 0 Å². The molecule has 238 valence electrons. The molecular weight excluding hydrogens is 589 g/mol. The molecule has 0 nitrogen and oxygen atoms in total. The Hall–Kier alpha value is -4.68. The second-order valence-electron chi connectivity index (χ2n) is 16.7. The van der Waals surface area contributed by atoms with Crippen LogP contribution in [-0.2, 0) is 10.8 Å². The Balaban J connectivity index is 1.24. The highest BCUT2D eigenvalue weighted by molar-refractivity contribution is 6.17. The first kappa shape index (κ1) is 28.2. The van der Waals surface area contributed by atoms with Gasteiger partial charge in [0.25, 0.3) is 0 Å². The van der Waals surface area contributed by atoms with Gasteiger partial charge in [-0.05, 0) is 156 Å². The largest absolute Gasteiger partial charge is 0.0619 e. The molecule has 4 fully saturated rings. The summed E-state index contributed by atoms with van der Waals surface area (Å²) in [6, 6.07) is 49.1. The molecule has 0 unspecified atom stereocenters. The zero-order valence-electron chi connectivity index (χ0n) is 28.6. The summed E-state index contributed by atoms with van der Waals surface area (Å²) in [6.45, 7) is 4.78. The smallest absolute Gasteiger partial charge is 0.0158 e. The van der Waals surface area contributed by atoms with Crippen molar-refractivity contribution in [1.82, 2.24) is 0 Å². The first-order valence-corrected chi connectivity index (χ1v) is 18.7. The lowest BCUT2D eigenvalue weighted by Crippen LogP contribution is -2.48. The fourth-order valence-corrected chi connectivity index (χ4v) is 12.0. The summed E-state index contributed by atoms with van der Waals surface area (Å²) in [5, 5.41) is 8.44. The van der Waals surface area contributed by atoms with Crippen LogP contribution in [0.3, 0.4) is 0 Å². The maximum Gasteiger partial charge on any atom is 0.0158 e. The summed E-state index contributed by atoms with van der Waals surface area (Å²) in [7, 11) is 0. The Morgan fingerprint density at radius 3 is 1.84 bits per heavy atom. The predicted octanol–water partition coefficient (Wildman–Crippen LogP) is 13.3. The molecule has 7 aromatic carbocycles. The van der Waals surface area contributed by atoms with Crippen molar-refractivity contribution in [3.8, 4) is 33.4 Å². The number of fused-ring (bicyclic) bond motifs is 6. The minimum absolute atomic E-state index is 0.00150. The van der Waals surface area contributed by atoms with Gasteiger partial charge in [-0.1, -0.05) is 129 Å². The highest BCUT2D eigenvalue weighted by Gasteiger charge is 2.52. The van der Waals surface area contributed by atoms with Gasteiger partial charge in [0.2, 0.25) is 0 Å². The van der Waals surface area contributed by atoms with E-state index in [1.165, 1.54) is 115 Å². The average molecular weight is 631 g/mol. The van der Waals surface area contributed by atoms with Crippen LogP contribution in [0.2, 0.25) is 0 Å². The molecule has 0 aromatic heterocycles. The molecule has 0 amide bonds. The molecule has 0 aliphatic heterocycles. The molecule has 0 saturated heterocycles. The molecule has 0 spiro atoms. The summed E-state index contributed by atoms with van der Waals surface area (Å²) in [5.74, 6) is 2.69. The van der Waals surface area contributed by atoms with Gasteiger partial charge in [0.15, 0.2) is 0 Å². The van der Waals surface area contributed by atoms with E-state index in [4.69, 9.17) is 0 Å². The molecule has 4 saturated carbocycles. The van der Waals surface area contributed by atoms with Gasteiger partial charge in [0.05, 0.1) is 0 Å². The van der Waals surface area contributed by atoms with Crippen molar-refractivity contribution >= 4 is 32.3 Å². The standard InChI is InChI=1S/C49H42/c1-48(2)44-17-8-7-13-38(44)42-26-35(19-21-45(42)48)46-39-14-5-6-15-40(39)47(49-27-30-22-31(28-49)24-32(23-30)29-49)41-20-18-34(25-43(41)46)37-16-9-11-33-10-3-4-12-36(33)37/h3-21,25-26,30-32H,22-24,27-29H2,1-2H3. The van der Waals surface area contributed by atoms with E-state index >= 15 is 0 Å². The van der Waals surface area contributed by atoms with Gasteiger partial charge in [0, 0.05) is 5.41 Å². The molecule has 5 aliphatic carbocycles. The van der Waals surface area contributed by atoms with Crippen LogP contribution >= 0.6 is 0 Å². The highest BCUT2D eigenvalue weighted by atomic mass is 14.6.